The Kier molecular flexibility index (Phi) is 6.66. The minimum absolute atomic E-state index is 0.0159. The van der Waals surface area contributed by atoms with E-state index in [2.05, 4.69) is 5.32 Å². The number of benzene rings is 1. The normalized spacial score (nSPS) is 16.1. The molecule has 0 unspecified atom stereocenters. The zero-order valence-electron chi connectivity index (χ0n) is 15.0. The molecule has 1 heterocycles. The minimum Gasteiger partial charge on any atom is -0.465 e. The van der Waals surface area contributed by atoms with Gasteiger partial charge in [0.1, 0.15) is 6.07 Å². The van der Waals surface area contributed by atoms with Gasteiger partial charge in [-0.3, -0.25) is 0 Å². The number of hydrogen-bond acceptors (Lipinski definition) is 7. The lowest BCUT2D eigenvalue weighted by atomic mass is 10.1. The van der Waals surface area contributed by atoms with Gasteiger partial charge in [0, 0.05) is 6.20 Å². The van der Waals surface area contributed by atoms with Gasteiger partial charge in [-0.1, -0.05) is 23.8 Å². The van der Waals surface area contributed by atoms with Crippen LogP contribution >= 0.6 is 11.8 Å². The lowest BCUT2D eigenvalue weighted by Gasteiger charge is -2.16. The van der Waals surface area contributed by atoms with E-state index in [1.807, 2.05) is 6.92 Å². The van der Waals surface area contributed by atoms with E-state index >= 15 is 0 Å². The summed E-state index contributed by atoms with van der Waals surface area (Å²) >= 11 is 0.994. The topological polar surface area (TPSA) is 96.3 Å². The molecule has 140 valence electrons. The minimum atomic E-state index is -4.12. The third kappa shape index (κ3) is 4.32. The number of nitriles is 1. The SMILES string of the molecule is COC(=O)C(=C1/C=CC=CN1)/C(SC)=C(/C#N)S(=O)(=O)c1ccc(C)cc1. The summed E-state index contributed by atoms with van der Waals surface area (Å²) in [6.45, 7) is 1.83. The predicted octanol–water partition coefficient (Wildman–Crippen LogP) is 2.97. The second-order valence-electron chi connectivity index (χ2n) is 5.43. The number of esters is 1. The van der Waals surface area contributed by atoms with Gasteiger partial charge in [0.05, 0.1) is 28.2 Å². The summed E-state index contributed by atoms with van der Waals surface area (Å²) in [6.07, 6.45) is 8.21. The highest BCUT2D eigenvalue weighted by Crippen LogP contribution is 2.34. The monoisotopic (exact) mass is 402 g/mol. The molecule has 0 fully saturated rings. The van der Waals surface area contributed by atoms with Crippen molar-refractivity contribution in [3.63, 3.8) is 0 Å². The van der Waals surface area contributed by atoms with Gasteiger partial charge in [-0.15, -0.1) is 11.8 Å². The number of carbonyl (C=O) groups excluding carboxylic acids is 1. The Hall–Kier alpha value is -2.76. The highest BCUT2D eigenvalue weighted by molar-refractivity contribution is 8.04. The number of dihydropyridines is 1. The van der Waals surface area contributed by atoms with E-state index in [9.17, 15) is 18.5 Å². The van der Waals surface area contributed by atoms with Gasteiger partial charge in [-0.2, -0.15) is 5.26 Å². The van der Waals surface area contributed by atoms with Crippen LogP contribution in [0, 0.1) is 18.3 Å². The summed E-state index contributed by atoms with van der Waals surface area (Å²) in [5, 5.41) is 12.5. The zero-order chi connectivity index (χ0) is 20.0. The Labute approximate surface area is 162 Å². The number of rotatable bonds is 5. The number of methoxy groups -OCH3 is 1. The molecule has 1 aromatic rings. The fraction of sp³-hybridized carbons (Fsp3) is 0.158. The molecular formula is C19H18N2O4S2. The first-order valence-electron chi connectivity index (χ1n) is 7.79. The first-order valence-corrected chi connectivity index (χ1v) is 10.5. The molecule has 0 amide bonds. The fourth-order valence-corrected chi connectivity index (χ4v) is 4.76. The number of thioether (sulfide) groups is 1. The van der Waals surface area contributed by atoms with Crippen LogP contribution in [0.2, 0.25) is 0 Å². The molecule has 1 N–H and O–H groups in total. The summed E-state index contributed by atoms with van der Waals surface area (Å²) in [4.78, 5) is 11.9. The van der Waals surface area contributed by atoms with Crippen LogP contribution in [0.4, 0.5) is 0 Å². The first kappa shape index (κ1) is 20.6. The third-order valence-electron chi connectivity index (χ3n) is 3.71. The van der Waals surface area contributed by atoms with Gasteiger partial charge in [0.15, 0.2) is 4.91 Å². The van der Waals surface area contributed by atoms with Gasteiger partial charge in [-0.05, 0) is 37.5 Å². The molecule has 0 aliphatic carbocycles. The number of aryl methyl sites for hydroxylation is 1. The summed E-state index contributed by atoms with van der Waals surface area (Å²) in [5.74, 6) is -0.742. The third-order valence-corrected chi connectivity index (χ3v) is 6.38. The van der Waals surface area contributed by atoms with Gasteiger partial charge >= 0.3 is 5.97 Å². The van der Waals surface area contributed by atoms with Crippen LogP contribution in [0.1, 0.15) is 5.56 Å². The average molecular weight is 402 g/mol. The molecule has 6 nitrogen and oxygen atoms in total. The molecule has 0 atom stereocenters. The summed E-state index contributed by atoms with van der Waals surface area (Å²) in [7, 11) is -2.92. The van der Waals surface area contributed by atoms with Crippen molar-refractivity contribution in [2.45, 2.75) is 11.8 Å². The van der Waals surface area contributed by atoms with E-state index in [0.717, 1.165) is 17.3 Å². The summed E-state index contributed by atoms with van der Waals surface area (Å²) in [5.41, 5.74) is 1.22. The van der Waals surface area contributed by atoms with E-state index in [1.54, 1.807) is 48.9 Å². The number of nitrogens with zero attached hydrogens (tertiary/aromatic N) is 1. The quantitative estimate of drug-likeness (QED) is 0.459. The van der Waals surface area contributed by atoms with Crippen LogP contribution in [-0.4, -0.2) is 27.8 Å². The Balaban J connectivity index is 2.78. The van der Waals surface area contributed by atoms with Crippen LogP contribution in [0.15, 0.2) is 74.7 Å². The Morgan fingerprint density at radius 2 is 1.89 bits per heavy atom. The molecule has 0 radical (unpaired) electrons. The number of ether oxygens (including phenoxy) is 1. The number of allylic oxidation sites excluding steroid dienone is 4. The molecule has 1 aliphatic rings. The van der Waals surface area contributed by atoms with Gasteiger partial charge in [0.25, 0.3) is 0 Å². The van der Waals surface area contributed by atoms with Crippen molar-refractivity contribution >= 4 is 27.6 Å². The molecule has 2 rings (SSSR count). The second-order valence-corrected chi connectivity index (χ2v) is 8.14. The average Bonchev–Trinajstić information content (AvgIpc) is 2.68. The number of hydrogen-bond donors (Lipinski definition) is 1. The van der Waals surface area contributed by atoms with E-state index in [4.69, 9.17) is 4.74 Å². The van der Waals surface area contributed by atoms with Crippen molar-refractivity contribution in [2.75, 3.05) is 13.4 Å². The largest absolute Gasteiger partial charge is 0.465 e. The van der Waals surface area contributed by atoms with Crippen LogP contribution < -0.4 is 5.32 Å². The Morgan fingerprint density at radius 3 is 2.37 bits per heavy atom. The Bertz CT molecular complexity index is 1010. The van der Waals surface area contributed by atoms with Crippen molar-refractivity contribution in [1.29, 1.82) is 5.26 Å². The van der Waals surface area contributed by atoms with E-state index in [1.165, 1.54) is 19.2 Å². The van der Waals surface area contributed by atoms with Crippen LogP contribution in [0.3, 0.4) is 0 Å². The molecule has 0 aromatic heterocycles. The van der Waals surface area contributed by atoms with Crippen molar-refractivity contribution in [1.82, 2.24) is 5.32 Å². The molecule has 8 heteroatoms. The predicted molar refractivity (Wildman–Crippen MR) is 105 cm³/mol. The maximum atomic E-state index is 13.1. The second kappa shape index (κ2) is 8.75. The smallest absolute Gasteiger partial charge is 0.341 e. The van der Waals surface area contributed by atoms with E-state index in [0.29, 0.717) is 5.70 Å². The maximum absolute atomic E-state index is 13.1. The van der Waals surface area contributed by atoms with Crippen LogP contribution in [-0.2, 0) is 19.4 Å². The molecule has 0 bridgehead atoms. The summed E-state index contributed by atoms with van der Waals surface area (Å²) in [6, 6.07) is 7.94. The first-order chi connectivity index (χ1) is 12.9. The lowest BCUT2D eigenvalue weighted by molar-refractivity contribution is -0.135. The fourth-order valence-electron chi connectivity index (χ4n) is 2.35. The zero-order valence-corrected chi connectivity index (χ0v) is 16.6. The number of nitrogens with one attached hydrogen (secondary N) is 1. The highest BCUT2D eigenvalue weighted by Gasteiger charge is 2.30. The number of sulfone groups is 1. The van der Waals surface area contributed by atoms with Gasteiger partial charge in [-0.25, -0.2) is 13.2 Å². The molecule has 0 saturated carbocycles. The van der Waals surface area contributed by atoms with Crippen molar-refractivity contribution in [3.05, 3.63) is 75.3 Å². The summed E-state index contributed by atoms with van der Waals surface area (Å²) < 4.78 is 30.9. The molecular weight excluding hydrogens is 384 g/mol. The Morgan fingerprint density at radius 1 is 1.22 bits per heavy atom. The molecule has 0 saturated heterocycles. The van der Waals surface area contributed by atoms with Crippen molar-refractivity contribution in [2.24, 2.45) is 0 Å². The van der Waals surface area contributed by atoms with Crippen LogP contribution in [0.5, 0.6) is 0 Å². The van der Waals surface area contributed by atoms with E-state index in [-0.39, 0.29) is 15.4 Å². The lowest BCUT2D eigenvalue weighted by Crippen LogP contribution is -2.18. The maximum Gasteiger partial charge on any atom is 0.341 e. The molecule has 27 heavy (non-hydrogen) atoms. The number of carbonyl (C=O) groups is 1. The highest BCUT2D eigenvalue weighted by atomic mass is 32.2. The molecule has 1 aromatic carbocycles. The van der Waals surface area contributed by atoms with Gasteiger partial charge < -0.3 is 10.1 Å². The van der Waals surface area contributed by atoms with Crippen LogP contribution in [0.25, 0.3) is 0 Å². The standard InChI is InChI=1S/C19H18N2O4S2/c1-13-7-9-14(10-8-13)27(23,24)16(12-20)18(26-3)17(19(22)25-2)15-6-4-5-11-21-15/h4-11,21H,1-3H3/b17-15-,18-16+. The van der Waals surface area contributed by atoms with Crippen molar-refractivity contribution < 1.29 is 17.9 Å². The molecule has 0 spiro atoms. The van der Waals surface area contributed by atoms with Crippen molar-refractivity contribution in [3.8, 4) is 6.07 Å². The van der Waals surface area contributed by atoms with Gasteiger partial charge in [0.2, 0.25) is 9.84 Å². The van der Waals surface area contributed by atoms with E-state index < -0.39 is 20.7 Å². The molecule has 1 aliphatic heterocycles.